The number of benzene rings is 2. The summed E-state index contributed by atoms with van der Waals surface area (Å²) in [5, 5.41) is 5.92. The van der Waals surface area contributed by atoms with Crippen LogP contribution in [0.2, 0.25) is 0 Å². The summed E-state index contributed by atoms with van der Waals surface area (Å²) >= 11 is 1.61. The lowest BCUT2D eigenvalue weighted by molar-refractivity contribution is -0.116. The van der Waals surface area contributed by atoms with Crippen molar-refractivity contribution < 1.29 is 9.53 Å². The monoisotopic (exact) mass is 336 g/mol. The summed E-state index contributed by atoms with van der Waals surface area (Å²) in [6.45, 7) is 1.93. The average molecular weight is 336 g/mol. The first-order valence-corrected chi connectivity index (χ1v) is 8.59. The zero-order valence-corrected chi connectivity index (χ0v) is 14.2. The molecule has 24 heavy (non-hydrogen) atoms. The molecule has 1 aliphatic heterocycles. The Morgan fingerprint density at radius 1 is 1.12 bits per heavy atom. The lowest BCUT2D eigenvalue weighted by Crippen LogP contribution is -2.08. The van der Waals surface area contributed by atoms with Crippen LogP contribution in [0.5, 0.6) is 5.75 Å². The van der Waals surface area contributed by atoms with Crippen LogP contribution in [0.4, 0.5) is 5.69 Å². The molecule has 0 saturated heterocycles. The van der Waals surface area contributed by atoms with E-state index in [4.69, 9.17) is 9.72 Å². The average Bonchev–Trinajstić information content (AvgIpc) is 3.21. The molecule has 1 amide bonds. The van der Waals surface area contributed by atoms with Crippen molar-refractivity contribution in [2.24, 2.45) is 0 Å². The topological polar surface area (TPSA) is 51.2 Å². The number of carbonyl (C=O) groups is 1. The smallest absolute Gasteiger partial charge is 0.231 e. The van der Waals surface area contributed by atoms with Crippen LogP contribution in [0.15, 0.2) is 47.8 Å². The Morgan fingerprint density at radius 3 is 2.62 bits per heavy atom. The molecule has 0 aliphatic carbocycles. The summed E-state index contributed by atoms with van der Waals surface area (Å²) in [4.78, 5) is 16.5. The summed E-state index contributed by atoms with van der Waals surface area (Å²) in [7, 11) is 1.66. The molecule has 120 valence electrons. The summed E-state index contributed by atoms with van der Waals surface area (Å²) in [5.41, 5.74) is 4.98. The van der Waals surface area contributed by atoms with Gasteiger partial charge in [0.1, 0.15) is 10.8 Å². The molecule has 0 spiro atoms. The van der Waals surface area contributed by atoms with Crippen LogP contribution < -0.4 is 10.1 Å². The highest BCUT2D eigenvalue weighted by atomic mass is 32.1. The largest absolute Gasteiger partial charge is 0.497 e. The molecule has 0 unspecified atom stereocenters. The molecule has 2 aromatic carbocycles. The van der Waals surface area contributed by atoms with Crippen molar-refractivity contribution in [1.82, 2.24) is 4.98 Å². The van der Waals surface area contributed by atoms with Crippen molar-refractivity contribution in [3.05, 3.63) is 53.4 Å². The van der Waals surface area contributed by atoms with Gasteiger partial charge < -0.3 is 10.1 Å². The lowest BCUT2D eigenvalue weighted by atomic mass is 9.99. The molecule has 1 atom stereocenters. The number of hydrogen-bond acceptors (Lipinski definition) is 4. The van der Waals surface area contributed by atoms with Crippen LogP contribution in [0.25, 0.3) is 21.8 Å². The minimum atomic E-state index is -0.111. The fourth-order valence-corrected chi connectivity index (χ4v) is 3.68. The van der Waals surface area contributed by atoms with Crippen molar-refractivity contribution in [2.45, 2.75) is 12.8 Å². The number of hydrogen-bond donors (Lipinski definition) is 1. The van der Waals surface area contributed by atoms with Crippen LogP contribution >= 0.6 is 11.3 Å². The molecule has 0 radical (unpaired) electrons. The van der Waals surface area contributed by atoms with Gasteiger partial charge in [-0.25, -0.2) is 4.98 Å². The number of methoxy groups -OCH3 is 1. The Hall–Kier alpha value is -2.66. The third-order valence-corrected chi connectivity index (χ3v) is 5.20. The summed E-state index contributed by atoms with van der Waals surface area (Å²) < 4.78 is 5.19. The van der Waals surface area contributed by atoms with Crippen molar-refractivity contribution in [3.63, 3.8) is 0 Å². The van der Waals surface area contributed by atoms with Gasteiger partial charge in [-0.15, -0.1) is 11.3 Å². The Bertz CT molecular complexity index is 915. The van der Waals surface area contributed by atoms with Crippen LogP contribution in [0.1, 0.15) is 18.4 Å². The third kappa shape index (κ3) is 2.47. The number of rotatable bonds is 3. The molecule has 0 saturated carbocycles. The predicted octanol–water partition coefficient (Wildman–Crippen LogP) is 4.54. The van der Waals surface area contributed by atoms with Crippen LogP contribution in [-0.4, -0.2) is 18.0 Å². The summed E-state index contributed by atoms with van der Waals surface area (Å²) in [5.74, 6) is 0.777. The molecule has 2 heterocycles. The van der Waals surface area contributed by atoms with Crippen molar-refractivity contribution in [2.75, 3.05) is 12.4 Å². The number of nitrogens with one attached hydrogen (secondary N) is 1. The van der Waals surface area contributed by atoms with Crippen molar-refractivity contribution in [3.8, 4) is 27.6 Å². The first-order chi connectivity index (χ1) is 11.7. The normalized spacial score (nSPS) is 15.9. The van der Waals surface area contributed by atoms with Gasteiger partial charge in [-0.1, -0.05) is 6.07 Å². The molecule has 4 rings (SSSR count). The van der Waals surface area contributed by atoms with E-state index in [2.05, 4.69) is 16.8 Å². The van der Waals surface area contributed by atoms with Gasteiger partial charge in [0, 0.05) is 22.2 Å². The van der Waals surface area contributed by atoms with Crippen molar-refractivity contribution in [1.29, 1.82) is 0 Å². The molecule has 1 aromatic heterocycles. The van der Waals surface area contributed by atoms with E-state index in [1.165, 1.54) is 0 Å². The van der Waals surface area contributed by atoms with Gasteiger partial charge >= 0.3 is 0 Å². The third-order valence-electron chi connectivity index (χ3n) is 4.31. The zero-order valence-electron chi connectivity index (χ0n) is 13.4. The standard InChI is InChI=1S/C19H16N2O2S/c1-11-15-9-13(5-8-16(15)20-18(11)22)17-10-24-19(21-17)12-3-6-14(23-2)7-4-12/h3-11H,1-2H3,(H,20,22)/t11-/m0/s1. The maximum Gasteiger partial charge on any atom is 0.231 e. The second-order valence-electron chi connectivity index (χ2n) is 5.78. The summed E-state index contributed by atoms with van der Waals surface area (Å²) in [6, 6.07) is 13.9. The van der Waals surface area contributed by atoms with Gasteiger partial charge in [-0.05, 0) is 48.9 Å². The Labute approximate surface area is 144 Å². The molecule has 5 heteroatoms. The highest BCUT2D eigenvalue weighted by Gasteiger charge is 2.26. The number of carbonyl (C=O) groups excluding carboxylic acids is 1. The molecular formula is C19H16N2O2S. The fraction of sp³-hybridized carbons (Fsp3) is 0.158. The number of amides is 1. The van der Waals surface area contributed by atoms with Gasteiger partial charge in [0.2, 0.25) is 5.91 Å². The van der Waals surface area contributed by atoms with Crippen LogP contribution in [0.3, 0.4) is 0 Å². The minimum Gasteiger partial charge on any atom is -0.497 e. The number of anilines is 1. The van der Waals surface area contributed by atoms with E-state index >= 15 is 0 Å². The molecule has 3 aromatic rings. The quantitative estimate of drug-likeness (QED) is 0.764. The Balaban J connectivity index is 1.67. The highest BCUT2D eigenvalue weighted by molar-refractivity contribution is 7.13. The molecule has 1 N–H and O–H groups in total. The zero-order chi connectivity index (χ0) is 16.7. The number of fused-ring (bicyclic) bond motifs is 1. The predicted molar refractivity (Wildman–Crippen MR) is 96.6 cm³/mol. The van der Waals surface area contributed by atoms with E-state index in [0.717, 1.165) is 38.8 Å². The first kappa shape index (κ1) is 14.9. The fourth-order valence-electron chi connectivity index (χ4n) is 2.85. The van der Waals surface area contributed by atoms with Gasteiger partial charge in [-0.3, -0.25) is 4.79 Å². The Kier molecular flexibility index (Phi) is 3.58. The molecular weight excluding hydrogens is 320 g/mol. The molecule has 0 fully saturated rings. The first-order valence-electron chi connectivity index (χ1n) is 7.71. The second-order valence-corrected chi connectivity index (χ2v) is 6.64. The second kappa shape index (κ2) is 5.76. The molecule has 0 bridgehead atoms. The number of thiazole rings is 1. The summed E-state index contributed by atoms with van der Waals surface area (Å²) in [6.07, 6.45) is 0. The van der Waals surface area contributed by atoms with E-state index in [-0.39, 0.29) is 11.8 Å². The van der Waals surface area contributed by atoms with Crippen LogP contribution in [-0.2, 0) is 4.79 Å². The maximum absolute atomic E-state index is 11.8. The molecule has 1 aliphatic rings. The van der Waals surface area contributed by atoms with E-state index in [0.29, 0.717) is 0 Å². The highest BCUT2D eigenvalue weighted by Crippen LogP contribution is 2.36. The SMILES string of the molecule is COc1ccc(-c2nc(-c3ccc4c(c3)[C@H](C)C(=O)N4)cs2)cc1. The van der Waals surface area contributed by atoms with E-state index in [1.807, 2.05) is 43.3 Å². The maximum atomic E-state index is 11.8. The van der Waals surface area contributed by atoms with E-state index < -0.39 is 0 Å². The van der Waals surface area contributed by atoms with Gasteiger partial charge in [0.15, 0.2) is 0 Å². The lowest BCUT2D eigenvalue weighted by Gasteiger charge is -2.04. The Morgan fingerprint density at radius 2 is 1.88 bits per heavy atom. The number of ether oxygens (including phenoxy) is 1. The minimum absolute atomic E-state index is 0.0550. The number of aromatic nitrogens is 1. The molecule has 4 nitrogen and oxygen atoms in total. The number of nitrogens with zero attached hydrogens (tertiary/aromatic N) is 1. The van der Waals surface area contributed by atoms with E-state index in [9.17, 15) is 4.79 Å². The van der Waals surface area contributed by atoms with Crippen LogP contribution in [0, 0.1) is 0 Å². The van der Waals surface area contributed by atoms with Gasteiger partial charge in [-0.2, -0.15) is 0 Å². The van der Waals surface area contributed by atoms with Crippen molar-refractivity contribution >= 4 is 22.9 Å². The van der Waals surface area contributed by atoms with Gasteiger partial charge in [0.05, 0.1) is 18.7 Å². The van der Waals surface area contributed by atoms with E-state index in [1.54, 1.807) is 18.4 Å². The van der Waals surface area contributed by atoms with Gasteiger partial charge in [0.25, 0.3) is 0 Å².